The van der Waals surface area contributed by atoms with E-state index in [-0.39, 0.29) is 11.8 Å². The number of nitrogens with zero attached hydrogens (tertiary/aromatic N) is 3. The minimum atomic E-state index is -3.17. The van der Waals surface area contributed by atoms with Crippen molar-refractivity contribution < 1.29 is 13.2 Å². The second-order valence-corrected chi connectivity index (χ2v) is 9.69. The molecule has 26 heavy (non-hydrogen) atoms. The molecule has 3 aliphatic heterocycles. The molecule has 1 aromatic rings. The Labute approximate surface area is 155 Å². The van der Waals surface area contributed by atoms with Gasteiger partial charge in [-0.1, -0.05) is 30.3 Å². The largest absolute Gasteiger partial charge is 0.340 e. The molecule has 6 nitrogen and oxygen atoms in total. The lowest BCUT2D eigenvalue weighted by molar-refractivity contribution is -0.137. The number of fused-ring (bicyclic) bond motifs is 1. The maximum Gasteiger partial charge on any atom is 0.227 e. The summed E-state index contributed by atoms with van der Waals surface area (Å²) >= 11 is 0. The topological polar surface area (TPSA) is 60.9 Å². The highest BCUT2D eigenvalue weighted by molar-refractivity contribution is 7.88. The molecule has 1 amide bonds. The Morgan fingerprint density at radius 2 is 1.73 bits per heavy atom. The Balaban J connectivity index is 1.47. The summed E-state index contributed by atoms with van der Waals surface area (Å²) in [5.41, 5.74) is 1.30. The van der Waals surface area contributed by atoms with E-state index in [1.54, 1.807) is 0 Å². The number of piperazine rings is 1. The zero-order valence-corrected chi connectivity index (χ0v) is 16.1. The Bertz CT molecular complexity index is 759. The van der Waals surface area contributed by atoms with Gasteiger partial charge in [-0.3, -0.25) is 9.69 Å². The summed E-state index contributed by atoms with van der Waals surface area (Å²) in [5.74, 6) is 0.251. The molecule has 0 spiro atoms. The second kappa shape index (κ2) is 6.94. The highest BCUT2D eigenvalue weighted by Crippen LogP contribution is 2.45. The molecular formula is C19H27N3O3S. The van der Waals surface area contributed by atoms with Crippen molar-refractivity contribution in [2.75, 3.05) is 39.0 Å². The van der Waals surface area contributed by atoms with Crippen LogP contribution in [0.5, 0.6) is 0 Å². The molecule has 3 heterocycles. The van der Waals surface area contributed by atoms with Crippen molar-refractivity contribution >= 4 is 15.9 Å². The molecule has 4 rings (SSSR count). The fourth-order valence-corrected chi connectivity index (χ4v) is 5.74. The fraction of sp³-hybridized carbons (Fsp3) is 0.632. The molecule has 7 heteroatoms. The first kappa shape index (κ1) is 17.9. The number of benzene rings is 1. The number of amides is 1. The van der Waals surface area contributed by atoms with Crippen molar-refractivity contribution in [1.82, 2.24) is 14.1 Å². The lowest BCUT2D eigenvalue weighted by Gasteiger charge is -2.35. The molecule has 3 aliphatic rings. The normalized spacial score (nSPS) is 30.5. The molecular weight excluding hydrogens is 350 g/mol. The van der Waals surface area contributed by atoms with E-state index in [1.165, 1.54) is 16.1 Å². The predicted octanol–water partition coefficient (Wildman–Crippen LogP) is 1.32. The fourth-order valence-electron chi connectivity index (χ4n) is 4.91. The Morgan fingerprint density at radius 3 is 2.38 bits per heavy atom. The van der Waals surface area contributed by atoms with Gasteiger partial charge >= 0.3 is 0 Å². The number of hydrogen-bond donors (Lipinski definition) is 0. The summed E-state index contributed by atoms with van der Waals surface area (Å²) in [4.78, 5) is 17.6. The van der Waals surface area contributed by atoms with E-state index < -0.39 is 10.0 Å². The highest BCUT2D eigenvalue weighted by Gasteiger charge is 2.48. The van der Waals surface area contributed by atoms with Gasteiger partial charge in [-0.2, -0.15) is 4.31 Å². The lowest BCUT2D eigenvalue weighted by atomic mass is 9.93. The molecule has 1 aromatic carbocycles. The van der Waals surface area contributed by atoms with Crippen molar-refractivity contribution in [2.45, 2.75) is 31.3 Å². The molecule has 0 N–H and O–H groups in total. The van der Waals surface area contributed by atoms with Gasteiger partial charge in [-0.05, 0) is 31.4 Å². The minimum absolute atomic E-state index is 0.0347. The van der Waals surface area contributed by atoms with Gasteiger partial charge in [0.05, 0.1) is 12.2 Å². The van der Waals surface area contributed by atoms with E-state index in [9.17, 15) is 13.2 Å². The quantitative estimate of drug-likeness (QED) is 0.797. The first-order valence-corrected chi connectivity index (χ1v) is 11.3. The van der Waals surface area contributed by atoms with Crippen LogP contribution in [0.2, 0.25) is 0 Å². The van der Waals surface area contributed by atoms with Crippen LogP contribution in [0.4, 0.5) is 0 Å². The molecule has 0 radical (unpaired) electrons. The van der Waals surface area contributed by atoms with Crippen LogP contribution < -0.4 is 0 Å². The third-order valence-electron chi connectivity index (χ3n) is 6.21. The van der Waals surface area contributed by atoms with Crippen molar-refractivity contribution in [3.63, 3.8) is 0 Å². The third kappa shape index (κ3) is 3.28. The summed E-state index contributed by atoms with van der Waals surface area (Å²) in [6.45, 7) is 2.90. The number of sulfonamides is 1. The molecule has 0 saturated carbocycles. The Morgan fingerprint density at radius 1 is 1.04 bits per heavy atom. The first-order valence-electron chi connectivity index (χ1n) is 9.50. The SMILES string of the molecule is CS(=O)(=O)N1CCN(C(=O)[C@H]2C[C@@H](c3ccccc3)N3CCC[C@H]23)CC1. The predicted molar refractivity (Wildman–Crippen MR) is 100 cm³/mol. The van der Waals surface area contributed by atoms with Gasteiger partial charge in [0.15, 0.2) is 0 Å². The molecule has 0 aromatic heterocycles. The van der Waals surface area contributed by atoms with Crippen LogP contribution >= 0.6 is 0 Å². The average Bonchev–Trinajstić information content (AvgIpc) is 3.24. The van der Waals surface area contributed by atoms with Crippen LogP contribution in [0, 0.1) is 5.92 Å². The van der Waals surface area contributed by atoms with Gasteiger partial charge in [0.25, 0.3) is 0 Å². The third-order valence-corrected chi connectivity index (χ3v) is 7.51. The summed E-state index contributed by atoms with van der Waals surface area (Å²) in [7, 11) is -3.17. The monoisotopic (exact) mass is 377 g/mol. The van der Waals surface area contributed by atoms with Gasteiger partial charge < -0.3 is 4.90 Å². The average molecular weight is 378 g/mol. The van der Waals surface area contributed by atoms with Gasteiger partial charge in [-0.25, -0.2) is 8.42 Å². The van der Waals surface area contributed by atoms with E-state index in [1.807, 2.05) is 11.0 Å². The van der Waals surface area contributed by atoms with Crippen molar-refractivity contribution in [1.29, 1.82) is 0 Å². The second-order valence-electron chi connectivity index (χ2n) is 7.70. The Kier molecular flexibility index (Phi) is 4.79. The minimum Gasteiger partial charge on any atom is -0.340 e. The zero-order valence-electron chi connectivity index (χ0n) is 15.3. The van der Waals surface area contributed by atoms with Gasteiger partial charge in [-0.15, -0.1) is 0 Å². The maximum atomic E-state index is 13.2. The van der Waals surface area contributed by atoms with Crippen LogP contribution in [-0.4, -0.2) is 73.5 Å². The van der Waals surface area contributed by atoms with Gasteiger partial charge in [0.1, 0.15) is 0 Å². The summed E-state index contributed by atoms with van der Waals surface area (Å²) in [5, 5.41) is 0. The van der Waals surface area contributed by atoms with Gasteiger partial charge in [0, 0.05) is 38.3 Å². The van der Waals surface area contributed by atoms with Crippen LogP contribution in [-0.2, 0) is 14.8 Å². The first-order chi connectivity index (χ1) is 12.4. The number of hydrogen-bond acceptors (Lipinski definition) is 4. The van der Waals surface area contributed by atoms with Crippen molar-refractivity contribution in [2.24, 2.45) is 5.92 Å². The van der Waals surface area contributed by atoms with Crippen LogP contribution in [0.3, 0.4) is 0 Å². The Hall–Kier alpha value is -1.44. The molecule has 3 fully saturated rings. The summed E-state index contributed by atoms with van der Waals surface area (Å²) in [6, 6.07) is 11.2. The molecule has 0 bridgehead atoms. The summed E-state index contributed by atoms with van der Waals surface area (Å²) < 4.78 is 24.8. The molecule has 3 atom stereocenters. The number of rotatable bonds is 3. The standard InChI is InChI=1S/C19H27N3O3S/c1-26(24,25)21-12-10-20(11-13-21)19(23)16-14-18(15-6-3-2-4-7-15)22-9-5-8-17(16)22/h2-4,6-7,16-18H,5,8-14H2,1H3/t16-,17+,18-/m0/s1. The van der Waals surface area contributed by atoms with E-state index in [4.69, 9.17) is 0 Å². The van der Waals surface area contributed by atoms with E-state index in [2.05, 4.69) is 29.2 Å². The van der Waals surface area contributed by atoms with Crippen molar-refractivity contribution in [3.8, 4) is 0 Å². The molecule has 0 aliphatic carbocycles. The number of carbonyl (C=O) groups is 1. The van der Waals surface area contributed by atoms with Crippen LogP contribution in [0.25, 0.3) is 0 Å². The van der Waals surface area contributed by atoms with Crippen LogP contribution in [0.15, 0.2) is 30.3 Å². The van der Waals surface area contributed by atoms with E-state index in [0.29, 0.717) is 38.3 Å². The van der Waals surface area contributed by atoms with Crippen LogP contribution in [0.1, 0.15) is 30.9 Å². The number of carbonyl (C=O) groups excluding carboxylic acids is 1. The molecule has 142 valence electrons. The zero-order chi connectivity index (χ0) is 18.3. The van der Waals surface area contributed by atoms with Crippen molar-refractivity contribution in [3.05, 3.63) is 35.9 Å². The van der Waals surface area contributed by atoms with E-state index >= 15 is 0 Å². The highest BCUT2D eigenvalue weighted by atomic mass is 32.2. The summed E-state index contributed by atoms with van der Waals surface area (Å²) in [6.07, 6.45) is 4.35. The smallest absolute Gasteiger partial charge is 0.227 e. The maximum absolute atomic E-state index is 13.2. The molecule has 0 unspecified atom stereocenters. The van der Waals surface area contributed by atoms with Gasteiger partial charge in [0.2, 0.25) is 15.9 Å². The van der Waals surface area contributed by atoms with E-state index in [0.717, 1.165) is 25.8 Å². The molecule has 3 saturated heterocycles. The lowest BCUT2D eigenvalue weighted by Crippen LogP contribution is -2.52.